The number of aromatic nitrogens is 4. The Labute approximate surface area is 183 Å². The minimum absolute atomic E-state index is 0.0352. The van der Waals surface area contributed by atoms with Gasteiger partial charge in [-0.2, -0.15) is 10.4 Å². The number of hydrogen-bond acceptors (Lipinski definition) is 7. The minimum Gasteiger partial charge on any atom is -0.444 e. The second-order valence-corrected chi connectivity index (χ2v) is 9.35. The van der Waals surface area contributed by atoms with E-state index in [1.54, 1.807) is 17.1 Å². The molecular formula is C22H31N7O2. The highest BCUT2D eigenvalue weighted by molar-refractivity contribution is 5.69. The Kier molecular flexibility index (Phi) is 6.48. The second kappa shape index (κ2) is 8.92. The molecule has 3 heterocycles. The van der Waals surface area contributed by atoms with Gasteiger partial charge >= 0.3 is 6.09 Å². The summed E-state index contributed by atoms with van der Waals surface area (Å²) in [5, 5.41) is 13.8. The fourth-order valence-corrected chi connectivity index (χ4v) is 3.72. The molecule has 0 spiro atoms. The van der Waals surface area contributed by atoms with Gasteiger partial charge in [-0.25, -0.2) is 14.8 Å². The summed E-state index contributed by atoms with van der Waals surface area (Å²) in [5.74, 6) is 1.52. The maximum absolute atomic E-state index is 12.8. The van der Waals surface area contributed by atoms with Crippen molar-refractivity contribution in [3.8, 4) is 17.5 Å². The zero-order valence-electron chi connectivity index (χ0n) is 19.2. The van der Waals surface area contributed by atoms with Crippen LogP contribution in [0.1, 0.15) is 46.6 Å². The number of aryl methyl sites for hydroxylation is 1. The van der Waals surface area contributed by atoms with Crippen LogP contribution in [0.2, 0.25) is 0 Å². The van der Waals surface area contributed by atoms with Gasteiger partial charge in [-0.05, 0) is 33.1 Å². The molecule has 2 aromatic rings. The highest BCUT2D eigenvalue weighted by atomic mass is 16.6. The first-order valence-corrected chi connectivity index (χ1v) is 10.6. The number of ether oxygens (including phenoxy) is 1. The molecule has 9 heteroatoms. The molecule has 0 radical (unpaired) electrons. The Morgan fingerprint density at radius 1 is 1.32 bits per heavy atom. The van der Waals surface area contributed by atoms with Crippen LogP contribution in [0, 0.1) is 17.2 Å². The maximum Gasteiger partial charge on any atom is 0.410 e. The first kappa shape index (κ1) is 22.5. The van der Waals surface area contributed by atoms with Crippen LogP contribution in [0.15, 0.2) is 18.6 Å². The van der Waals surface area contributed by atoms with E-state index in [1.807, 2.05) is 38.9 Å². The SMILES string of the molecule is CC(C)CC1CN(c2nc(-c3cnn(C)c3)ncc2C#N)CCN1C(=O)OC(C)(C)C. The zero-order chi connectivity index (χ0) is 22.8. The van der Waals surface area contributed by atoms with Crippen molar-refractivity contribution in [1.82, 2.24) is 24.6 Å². The van der Waals surface area contributed by atoms with Crippen LogP contribution in [-0.2, 0) is 11.8 Å². The number of rotatable bonds is 4. The number of hydrogen-bond donors (Lipinski definition) is 0. The summed E-state index contributed by atoms with van der Waals surface area (Å²) in [4.78, 5) is 25.7. The van der Waals surface area contributed by atoms with Crippen molar-refractivity contribution < 1.29 is 9.53 Å². The number of piperazine rings is 1. The fraction of sp³-hybridized carbons (Fsp3) is 0.591. The summed E-state index contributed by atoms with van der Waals surface area (Å²) in [7, 11) is 1.83. The molecule has 1 fully saturated rings. The van der Waals surface area contributed by atoms with Crippen molar-refractivity contribution in [3.63, 3.8) is 0 Å². The summed E-state index contributed by atoms with van der Waals surface area (Å²) in [5.41, 5.74) is 0.663. The van der Waals surface area contributed by atoms with Gasteiger partial charge in [-0.15, -0.1) is 0 Å². The van der Waals surface area contributed by atoms with Crippen LogP contribution in [0.25, 0.3) is 11.4 Å². The smallest absolute Gasteiger partial charge is 0.410 e. The van der Waals surface area contributed by atoms with E-state index in [0.29, 0.717) is 42.8 Å². The lowest BCUT2D eigenvalue weighted by atomic mass is 10.00. The van der Waals surface area contributed by atoms with Crippen molar-refractivity contribution >= 4 is 11.9 Å². The molecule has 9 nitrogen and oxygen atoms in total. The standard InChI is InChI=1S/C22H31N7O2/c1-15(2)9-18-14-28(7-8-29(18)21(30)31-22(3,4)5)20-16(10-23)11-24-19(26-20)17-12-25-27(6)13-17/h11-13,15,18H,7-9,14H2,1-6H3. The van der Waals surface area contributed by atoms with Crippen LogP contribution < -0.4 is 4.90 Å². The quantitative estimate of drug-likeness (QED) is 0.741. The third-order valence-electron chi connectivity index (χ3n) is 5.01. The number of nitrogens with zero attached hydrogens (tertiary/aromatic N) is 7. The monoisotopic (exact) mass is 425 g/mol. The molecule has 1 aliphatic rings. The predicted octanol–water partition coefficient (Wildman–Crippen LogP) is 3.22. The van der Waals surface area contributed by atoms with Crippen LogP contribution in [-0.4, -0.2) is 62.0 Å². The molecule has 0 N–H and O–H groups in total. The number of amides is 1. The normalized spacial score (nSPS) is 17.0. The van der Waals surface area contributed by atoms with E-state index in [1.165, 1.54) is 0 Å². The highest BCUT2D eigenvalue weighted by Gasteiger charge is 2.35. The summed E-state index contributed by atoms with van der Waals surface area (Å²) >= 11 is 0. The first-order chi connectivity index (χ1) is 14.6. The van der Waals surface area contributed by atoms with E-state index in [9.17, 15) is 10.1 Å². The Morgan fingerprint density at radius 2 is 2.06 bits per heavy atom. The highest BCUT2D eigenvalue weighted by Crippen LogP contribution is 2.27. The van der Waals surface area contributed by atoms with Gasteiger partial charge in [0.2, 0.25) is 0 Å². The van der Waals surface area contributed by atoms with E-state index in [-0.39, 0.29) is 12.1 Å². The van der Waals surface area contributed by atoms with E-state index >= 15 is 0 Å². The molecule has 0 aliphatic carbocycles. The molecule has 0 saturated carbocycles. The van der Waals surface area contributed by atoms with Crippen LogP contribution >= 0.6 is 0 Å². The van der Waals surface area contributed by atoms with Crippen molar-refractivity contribution in [2.75, 3.05) is 24.5 Å². The van der Waals surface area contributed by atoms with Gasteiger partial charge in [-0.1, -0.05) is 13.8 Å². The largest absolute Gasteiger partial charge is 0.444 e. The number of nitriles is 1. The van der Waals surface area contributed by atoms with Gasteiger partial charge in [0.15, 0.2) is 11.6 Å². The average molecular weight is 426 g/mol. The van der Waals surface area contributed by atoms with Gasteiger partial charge < -0.3 is 14.5 Å². The number of carbonyl (C=O) groups excluding carboxylic acids is 1. The molecule has 1 unspecified atom stereocenters. The lowest BCUT2D eigenvalue weighted by molar-refractivity contribution is 0.0119. The average Bonchev–Trinajstić information content (AvgIpc) is 3.12. The topological polar surface area (TPSA) is 100 Å². The molecule has 1 atom stereocenters. The van der Waals surface area contributed by atoms with Gasteiger partial charge in [0.1, 0.15) is 17.2 Å². The molecule has 0 aromatic carbocycles. The minimum atomic E-state index is -0.546. The Balaban J connectivity index is 1.88. The summed E-state index contributed by atoms with van der Waals surface area (Å²) in [6.45, 7) is 11.5. The summed E-state index contributed by atoms with van der Waals surface area (Å²) in [6.07, 6.45) is 5.64. The third-order valence-corrected chi connectivity index (χ3v) is 5.01. The lowest BCUT2D eigenvalue weighted by Gasteiger charge is -2.43. The Hall–Kier alpha value is -3.15. The molecule has 166 valence electrons. The van der Waals surface area contributed by atoms with Crippen molar-refractivity contribution in [2.24, 2.45) is 13.0 Å². The molecule has 1 saturated heterocycles. The van der Waals surface area contributed by atoms with Crippen molar-refractivity contribution in [3.05, 3.63) is 24.2 Å². The van der Waals surface area contributed by atoms with Crippen LogP contribution in [0.5, 0.6) is 0 Å². The van der Waals surface area contributed by atoms with Crippen LogP contribution in [0.4, 0.5) is 10.6 Å². The molecule has 1 aliphatic heterocycles. The van der Waals surface area contributed by atoms with E-state index in [4.69, 9.17) is 9.72 Å². The molecule has 3 rings (SSSR count). The van der Waals surface area contributed by atoms with E-state index in [2.05, 4.69) is 34.9 Å². The first-order valence-electron chi connectivity index (χ1n) is 10.6. The Bertz CT molecular complexity index is 971. The summed E-state index contributed by atoms with van der Waals surface area (Å²) in [6, 6.07) is 2.17. The third kappa shape index (κ3) is 5.51. The molecular weight excluding hydrogens is 394 g/mol. The molecule has 1 amide bonds. The zero-order valence-corrected chi connectivity index (χ0v) is 19.2. The molecule has 2 aromatic heterocycles. The summed E-state index contributed by atoms with van der Waals surface area (Å²) < 4.78 is 7.32. The number of carbonyl (C=O) groups is 1. The Morgan fingerprint density at radius 3 is 2.65 bits per heavy atom. The second-order valence-electron chi connectivity index (χ2n) is 9.35. The van der Waals surface area contributed by atoms with Gasteiger partial charge in [0.25, 0.3) is 0 Å². The lowest BCUT2D eigenvalue weighted by Crippen LogP contribution is -2.56. The van der Waals surface area contributed by atoms with E-state index in [0.717, 1.165) is 12.0 Å². The van der Waals surface area contributed by atoms with Gasteiger partial charge in [0, 0.05) is 32.9 Å². The van der Waals surface area contributed by atoms with Gasteiger partial charge in [0.05, 0.1) is 24.0 Å². The number of anilines is 1. The van der Waals surface area contributed by atoms with E-state index < -0.39 is 5.60 Å². The van der Waals surface area contributed by atoms with Gasteiger partial charge in [-0.3, -0.25) is 4.68 Å². The maximum atomic E-state index is 12.8. The van der Waals surface area contributed by atoms with Crippen molar-refractivity contribution in [2.45, 2.75) is 52.7 Å². The predicted molar refractivity (Wildman–Crippen MR) is 117 cm³/mol. The van der Waals surface area contributed by atoms with Crippen molar-refractivity contribution in [1.29, 1.82) is 5.26 Å². The van der Waals surface area contributed by atoms with Crippen LogP contribution in [0.3, 0.4) is 0 Å². The molecule has 31 heavy (non-hydrogen) atoms. The molecule has 0 bridgehead atoms. The fourth-order valence-electron chi connectivity index (χ4n) is 3.72.